The molecule has 2 aromatic rings. The Kier molecular flexibility index (Phi) is 1.65. The summed E-state index contributed by atoms with van der Waals surface area (Å²) < 4.78 is 15.3. The molecule has 0 aliphatic rings. The summed E-state index contributed by atoms with van der Waals surface area (Å²) in [5.41, 5.74) is 0.793. The fourth-order valence-corrected chi connectivity index (χ4v) is 1.70. The van der Waals surface area contributed by atoms with Gasteiger partial charge in [-0.05, 0) is 28.1 Å². The van der Waals surface area contributed by atoms with Gasteiger partial charge in [0.25, 0.3) is 0 Å². The van der Waals surface area contributed by atoms with Crippen LogP contribution in [0, 0.1) is 5.82 Å². The van der Waals surface area contributed by atoms with Gasteiger partial charge in [0, 0.05) is 16.9 Å². The first kappa shape index (κ1) is 7.73. The molecule has 0 saturated carbocycles. The summed E-state index contributed by atoms with van der Waals surface area (Å²) in [7, 11) is 1.79. The van der Waals surface area contributed by atoms with E-state index < -0.39 is 0 Å². The third-order valence-corrected chi connectivity index (χ3v) is 2.44. The molecule has 0 bridgehead atoms. The van der Waals surface area contributed by atoms with E-state index in [2.05, 4.69) is 21.0 Å². The molecular formula is C8H6BrFN2. The Morgan fingerprint density at radius 3 is 3.00 bits per heavy atom. The van der Waals surface area contributed by atoms with E-state index in [9.17, 15) is 4.39 Å². The van der Waals surface area contributed by atoms with Crippen LogP contribution >= 0.6 is 15.9 Å². The zero-order valence-electron chi connectivity index (χ0n) is 6.38. The van der Waals surface area contributed by atoms with Crippen LogP contribution in [0.5, 0.6) is 0 Å². The number of hydrogen-bond donors (Lipinski definition) is 0. The van der Waals surface area contributed by atoms with Gasteiger partial charge < -0.3 is 0 Å². The van der Waals surface area contributed by atoms with Crippen LogP contribution in [0.4, 0.5) is 4.39 Å². The maximum Gasteiger partial charge on any atom is 0.126 e. The number of nitrogens with zero attached hydrogens (tertiary/aromatic N) is 2. The second-order valence-electron chi connectivity index (χ2n) is 2.59. The average molecular weight is 229 g/mol. The number of halogens is 2. The van der Waals surface area contributed by atoms with Crippen molar-refractivity contribution in [1.82, 2.24) is 9.78 Å². The molecule has 4 heteroatoms. The average Bonchev–Trinajstić information content (AvgIpc) is 2.33. The number of benzene rings is 1. The Balaban J connectivity index is 2.92. The minimum absolute atomic E-state index is 0.252. The quantitative estimate of drug-likeness (QED) is 0.678. The summed E-state index contributed by atoms with van der Waals surface area (Å²) in [6.07, 6.45) is 1.71. The highest BCUT2D eigenvalue weighted by Gasteiger charge is 2.04. The van der Waals surface area contributed by atoms with Crippen LogP contribution in [0.2, 0.25) is 0 Å². The standard InChI is InChI=1S/C8H6BrFN2/c1-12-8-3-5(10)2-7(9)6(8)4-11-12/h2-4H,1H3. The summed E-state index contributed by atoms with van der Waals surface area (Å²) in [5, 5.41) is 4.95. The smallest absolute Gasteiger partial charge is 0.126 e. The molecule has 0 radical (unpaired) electrons. The van der Waals surface area contributed by atoms with E-state index in [4.69, 9.17) is 0 Å². The molecule has 0 aliphatic carbocycles. The van der Waals surface area contributed by atoms with Gasteiger partial charge in [0.2, 0.25) is 0 Å². The molecule has 0 N–H and O–H groups in total. The first-order valence-corrected chi connectivity index (χ1v) is 4.24. The Morgan fingerprint density at radius 2 is 2.25 bits per heavy atom. The fourth-order valence-electron chi connectivity index (χ4n) is 1.17. The molecule has 0 saturated heterocycles. The topological polar surface area (TPSA) is 17.8 Å². The van der Waals surface area contributed by atoms with Crippen LogP contribution in [0.15, 0.2) is 22.8 Å². The van der Waals surface area contributed by atoms with Crippen molar-refractivity contribution in [2.75, 3.05) is 0 Å². The highest BCUT2D eigenvalue weighted by molar-refractivity contribution is 9.10. The van der Waals surface area contributed by atoms with E-state index in [1.165, 1.54) is 12.1 Å². The summed E-state index contributed by atoms with van der Waals surface area (Å²) in [6.45, 7) is 0. The first-order valence-electron chi connectivity index (χ1n) is 3.45. The Morgan fingerprint density at radius 1 is 1.50 bits per heavy atom. The van der Waals surface area contributed by atoms with Crippen molar-refractivity contribution >= 4 is 26.8 Å². The molecule has 0 amide bonds. The third kappa shape index (κ3) is 1.03. The fraction of sp³-hybridized carbons (Fsp3) is 0.125. The monoisotopic (exact) mass is 228 g/mol. The molecule has 0 aliphatic heterocycles. The van der Waals surface area contributed by atoms with Gasteiger partial charge in [0.1, 0.15) is 5.82 Å². The van der Waals surface area contributed by atoms with Crippen LogP contribution in [0.1, 0.15) is 0 Å². The van der Waals surface area contributed by atoms with Gasteiger partial charge in [-0.2, -0.15) is 5.10 Å². The molecule has 1 aromatic heterocycles. The number of aryl methyl sites for hydroxylation is 1. The summed E-state index contributed by atoms with van der Waals surface area (Å²) >= 11 is 3.27. The highest BCUT2D eigenvalue weighted by atomic mass is 79.9. The second-order valence-corrected chi connectivity index (χ2v) is 3.44. The van der Waals surface area contributed by atoms with E-state index in [1.807, 2.05) is 0 Å². The number of rotatable bonds is 0. The van der Waals surface area contributed by atoms with E-state index >= 15 is 0 Å². The minimum Gasteiger partial charge on any atom is -0.268 e. The predicted molar refractivity (Wildman–Crippen MR) is 48.4 cm³/mol. The zero-order valence-corrected chi connectivity index (χ0v) is 7.97. The van der Waals surface area contributed by atoms with Crippen LogP contribution < -0.4 is 0 Å². The number of fused-ring (bicyclic) bond motifs is 1. The number of hydrogen-bond acceptors (Lipinski definition) is 1. The lowest BCUT2D eigenvalue weighted by Gasteiger charge is -1.96. The summed E-state index contributed by atoms with van der Waals surface area (Å²) in [6, 6.07) is 2.90. The summed E-state index contributed by atoms with van der Waals surface area (Å²) in [5.74, 6) is -0.252. The summed E-state index contributed by atoms with van der Waals surface area (Å²) in [4.78, 5) is 0. The molecular weight excluding hydrogens is 223 g/mol. The van der Waals surface area contributed by atoms with Gasteiger partial charge in [-0.25, -0.2) is 4.39 Å². The van der Waals surface area contributed by atoms with Crippen molar-refractivity contribution in [3.05, 3.63) is 28.6 Å². The van der Waals surface area contributed by atoms with Gasteiger partial charge in [-0.3, -0.25) is 4.68 Å². The van der Waals surface area contributed by atoms with E-state index in [0.29, 0.717) is 0 Å². The Bertz CT molecular complexity index is 436. The minimum atomic E-state index is -0.252. The lowest BCUT2D eigenvalue weighted by molar-refractivity contribution is 0.627. The first-order chi connectivity index (χ1) is 5.68. The van der Waals surface area contributed by atoms with E-state index in [-0.39, 0.29) is 5.82 Å². The lowest BCUT2D eigenvalue weighted by atomic mass is 10.2. The van der Waals surface area contributed by atoms with Crippen molar-refractivity contribution in [3.63, 3.8) is 0 Å². The molecule has 0 unspecified atom stereocenters. The molecule has 0 fully saturated rings. The molecule has 1 heterocycles. The molecule has 12 heavy (non-hydrogen) atoms. The Hall–Kier alpha value is -0.900. The molecule has 0 atom stereocenters. The van der Waals surface area contributed by atoms with E-state index in [1.54, 1.807) is 17.9 Å². The van der Waals surface area contributed by atoms with Crippen molar-refractivity contribution in [2.45, 2.75) is 0 Å². The molecule has 1 aromatic carbocycles. The van der Waals surface area contributed by atoms with Crippen LogP contribution in [0.25, 0.3) is 10.9 Å². The molecule has 2 rings (SSSR count). The molecule has 0 spiro atoms. The highest BCUT2D eigenvalue weighted by Crippen LogP contribution is 2.24. The maximum atomic E-state index is 12.9. The lowest BCUT2D eigenvalue weighted by Crippen LogP contribution is -1.89. The maximum absolute atomic E-state index is 12.9. The van der Waals surface area contributed by atoms with Gasteiger partial charge in [0.05, 0.1) is 11.7 Å². The van der Waals surface area contributed by atoms with E-state index in [0.717, 1.165) is 15.4 Å². The molecule has 2 nitrogen and oxygen atoms in total. The van der Waals surface area contributed by atoms with Crippen LogP contribution in [0.3, 0.4) is 0 Å². The van der Waals surface area contributed by atoms with Gasteiger partial charge in [0.15, 0.2) is 0 Å². The van der Waals surface area contributed by atoms with Gasteiger partial charge in [-0.15, -0.1) is 0 Å². The van der Waals surface area contributed by atoms with Crippen LogP contribution in [-0.4, -0.2) is 9.78 Å². The zero-order chi connectivity index (χ0) is 8.72. The van der Waals surface area contributed by atoms with Crippen molar-refractivity contribution in [3.8, 4) is 0 Å². The molecule has 62 valence electrons. The largest absolute Gasteiger partial charge is 0.268 e. The predicted octanol–water partition coefficient (Wildman–Crippen LogP) is 2.47. The van der Waals surface area contributed by atoms with Crippen LogP contribution in [-0.2, 0) is 7.05 Å². The SMILES string of the molecule is Cn1ncc2c(Br)cc(F)cc21. The van der Waals surface area contributed by atoms with Gasteiger partial charge in [-0.1, -0.05) is 0 Å². The van der Waals surface area contributed by atoms with Crippen molar-refractivity contribution < 1.29 is 4.39 Å². The normalized spacial score (nSPS) is 10.9. The van der Waals surface area contributed by atoms with Gasteiger partial charge >= 0.3 is 0 Å². The van der Waals surface area contributed by atoms with Crippen molar-refractivity contribution in [2.24, 2.45) is 7.05 Å². The Labute approximate surface area is 77.1 Å². The second kappa shape index (κ2) is 2.55. The van der Waals surface area contributed by atoms with Crippen molar-refractivity contribution in [1.29, 1.82) is 0 Å². The third-order valence-electron chi connectivity index (χ3n) is 1.78. The number of aromatic nitrogens is 2.